The molecule has 0 radical (unpaired) electrons. The molecule has 248 valence electrons. The molecule has 0 saturated carbocycles. The lowest BCUT2D eigenvalue weighted by atomic mass is 10.00. The topological polar surface area (TPSA) is 209 Å². The average Bonchev–Trinajstić information content (AvgIpc) is 3.01. The van der Waals surface area contributed by atoms with Crippen molar-refractivity contribution in [3.8, 4) is 0 Å². The second-order valence-electron chi connectivity index (χ2n) is 10.9. The third-order valence-electron chi connectivity index (χ3n) is 6.62. The zero-order valence-corrected chi connectivity index (χ0v) is 26.3. The highest BCUT2D eigenvalue weighted by molar-refractivity contribution is 5.93. The summed E-state index contributed by atoms with van der Waals surface area (Å²) in [6.07, 6.45) is 1.94. The first-order valence-corrected chi connectivity index (χ1v) is 15.0. The Morgan fingerprint density at radius 3 is 2.04 bits per heavy atom. The van der Waals surface area contributed by atoms with Crippen molar-refractivity contribution in [2.75, 3.05) is 6.61 Å². The number of nitrogens with two attached hydrogens (primary N) is 2. The molecular weight excluding hydrogens is 594 g/mol. The van der Waals surface area contributed by atoms with Crippen LogP contribution in [0.3, 0.4) is 0 Å². The summed E-state index contributed by atoms with van der Waals surface area (Å²) < 4.78 is 10.2. The van der Waals surface area contributed by atoms with Crippen LogP contribution in [-0.4, -0.2) is 60.4 Å². The summed E-state index contributed by atoms with van der Waals surface area (Å²) in [5.74, 6) is -3.14. The molecule has 0 aliphatic heterocycles. The van der Waals surface area contributed by atoms with Gasteiger partial charge in [-0.15, -0.1) is 0 Å². The fraction of sp³-hybridized carbons (Fsp3) is 0.394. The zero-order chi connectivity index (χ0) is 34.1. The van der Waals surface area contributed by atoms with Gasteiger partial charge in [0.05, 0.1) is 6.61 Å². The van der Waals surface area contributed by atoms with Crippen LogP contribution in [0.2, 0.25) is 0 Å². The molecule has 0 bridgehead atoms. The van der Waals surface area contributed by atoms with Gasteiger partial charge in [-0.25, -0.2) is 9.59 Å². The Morgan fingerprint density at radius 2 is 1.46 bits per heavy atom. The van der Waals surface area contributed by atoms with Crippen LogP contribution in [0, 0.1) is 5.92 Å². The van der Waals surface area contributed by atoms with Crippen molar-refractivity contribution in [2.24, 2.45) is 17.4 Å². The van der Waals surface area contributed by atoms with Crippen LogP contribution in [0.15, 0.2) is 66.7 Å². The maximum Gasteiger partial charge on any atom is 0.408 e. The Morgan fingerprint density at radius 1 is 0.804 bits per heavy atom. The van der Waals surface area contributed by atoms with Crippen molar-refractivity contribution in [3.05, 3.63) is 83.4 Å². The zero-order valence-electron chi connectivity index (χ0n) is 26.3. The SMILES string of the molecule is CCOC(=O)/C=C/[C@H](CCC(N)=O)NC(=O)[C@H](Cc1ccc(C(N)=O)cc1)NC(=O)[C@H](CC(C)C)NC(=O)OCc1ccccc1. The molecule has 0 aromatic heterocycles. The van der Waals surface area contributed by atoms with Gasteiger partial charge in [-0.2, -0.15) is 0 Å². The summed E-state index contributed by atoms with van der Waals surface area (Å²) in [7, 11) is 0. The fourth-order valence-corrected chi connectivity index (χ4v) is 4.32. The number of primary amides is 2. The highest BCUT2D eigenvalue weighted by Gasteiger charge is 2.29. The van der Waals surface area contributed by atoms with Crippen molar-refractivity contribution in [3.63, 3.8) is 0 Å². The van der Waals surface area contributed by atoms with Gasteiger partial charge in [0.15, 0.2) is 0 Å². The number of hydrogen-bond donors (Lipinski definition) is 5. The quantitative estimate of drug-likeness (QED) is 0.120. The van der Waals surface area contributed by atoms with Crippen LogP contribution in [0.1, 0.15) is 61.5 Å². The Labute approximate surface area is 268 Å². The Bertz CT molecular complexity index is 1360. The first-order valence-electron chi connectivity index (χ1n) is 15.0. The van der Waals surface area contributed by atoms with E-state index in [1.165, 1.54) is 18.2 Å². The molecule has 13 heteroatoms. The van der Waals surface area contributed by atoms with Crippen LogP contribution in [0.4, 0.5) is 4.79 Å². The molecule has 0 saturated heterocycles. The summed E-state index contributed by atoms with van der Waals surface area (Å²) in [5, 5.41) is 8.06. The van der Waals surface area contributed by atoms with Crippen molar-refractivity contribution in [1.82, 2.24) is 16.0 Å². The van der Waals surface area contributed by atoms with Crippen molar-refractivity contribution in [1.29, 1.82) is 0 Å². The van der Waals surface area contributed by atoms with E-state index < -0.39 is 53.8 Å². The molecule has 2 rings (SSSR count). The first-order chi connectivity index (χ1) is 21.9. The Hall–Kier alpha value is -5.20. The number of hydrogen-bond acceptors (Lipinski definition) is 8. The van der Waals surface area contributed by atoms with Crippen LogP contribution in [0.25, 0.3) is 0 Å². The lowest BCUT2D eigenvalue weighted by molar-refractivity contribution is -0.137. The molecule has 0 spiro atoms. The van der Waals surface area contributed by atoms with Crippen molar-refractivity contribution < 1.29 is 38.2 Å². The molecule has 0 unspecified atom stereocenters. The van der Waals surface area contributed by atoms with Crippen LogP contribution in [0.5, 0.6) is 0 Å². The van der Waals surface area contributed by atoms with E-state index >= 15 is 0 Å². The van der Waals surface area contributed by atoms with Gasteiger partial charge in [0.2, 0.25) is 23.6 Å². The molecule has 0 fully saturated rings. The molecular formula is C33H43N5O8. The predicted molar refractivity (Wildman–Crippen MR) is 170 cm³/mol. The maximum atomic E-state index is 13.6. The normalized spacial score (nSPS) is 12.9. The average molecular weight is 638 g/mol. The van der Waals surface area contributed by atoms with Gasteiger partial charge >= 0.3 is 12.1 Å². The van der Waals surface area contributed by atoms with Crippen LogP contribution >= 0.6 is 0 Å². The third kappa shape index (κ3) is 14.1. The number of amides is 5. The second-order valence-corrected chi connectivity index (χ2v) is 10.9. The summed E-state index contributed by atoms with van der Waals surface area (Å²) in [6, 6.07) is 12.2. The van der Waals surface area contributed by atoms with Crippen molar-refractivity contribution in [2.45, 2.75) is 71.2 Å². The molecule has 0 aliphatic rings. The molecule has 2 aromatic carbocycles. The Balaban J connectivity index is 2.28. The van der Waals surface area contributed by atoms with Crippen molar-refractivity contribution >= 4 is 35.7 Å². The molecule has 0 heterocycles. The number of alkyl carbamates (subject to hydrolysis) is 1. The van der Waals surface area contributed by atoms with Gasteiger partial charge < -0.3 is 36.9 Å². The lowest BCUT2D eigenvalue weighted by Crippen LogP contribution is -2.55. The second kappa shape index (κ2) is 19.2. The van der Waals surface area contributed by atoms with Gasteiger partial charge in [-0.3, -0.25) is 19.2 Å². The van der Waals surface area contributed by atoms with E-state index in [9.17, 15) is 28.8 Å². The summed E-state index contributed by atoms with van der Waals surface area (Å²) in [4.78, 5) is 74.7. The highest BCUT2D eigenvalue weighted by Crippen LogP contribution is 2.11. The van der Waals surface area contributed by atoms with E-state index in [0.29, 0.717) is 5.56 Å². The van der Waals surface area contributed by atoms with Crippen LogP contribution in [-0.2, 0) is 41.7 Å². The molecule has 5 amide bonds. The Kier molecular flexibility index (Phi) is 15.5. The summed E-state index contributed by atoms with van der Waals surface area (Å²) >= 11 is 0. The van der Waals surface area contributed by atoms with E-state index in [0.717, 1.165) is 11.6 Å². The molecule has 2 aromatic rings. The van der Waals surface area contributed by atoms with E-state index in [1.807, 2.05) is 32.0 Å². The lowest BCUT2D eigenvalue weighted by Gasteiger charge is -2.25. The molecule has 13 nitrogen and oxygen atoms in total. The minimum atomic E-state index is -1.17. The predicted octanol–water partition coefficient (Wildman–Crippen LogP) is 2.02. The number of rotatable bonds is 18. The minimum absolute atomic E-state index is 0.00102. The summed E-state index contributed by atoms with van der Waals surface area (Å²) in [5.41, 5.74) is 12.3. The van der Waals surface area contributed by atoms with E-state index in [4.69, 9.17) is 20.9 Å². The molecule has 46 heavy (non-hydrogen) atoms. The van der Waals surface area contributed by atoms with Gasteiger partial charge in [-0.05, 0) is 48.9 Å². The van der Waals surface area contributed by atoms with E-state index in [-0.39, 0.29) is 50.4 Å². The maximum absolute atomic E-state index is 13.6. The molecule has 0 aliphatic carbocycles. The third-order valence-corrected chi connectivity index (χ3v) is 6.62. The van der Waals surface area contributed by atoms with Gasteiger partial charge in [0.25, 0.3) is 0 Å². The van der Waals surface area contributed by atoms with Crippen LogP contribution < -0.4 is 27.4 Å². The minimum Gasteiger partial charge on any atom is -0.463 e. The molecule has 3 atom stereocenters. The smallest absolute Gasteiger partial charge is 0.408 e. The monoisotopic (exact) mass is 637 g/mol. The highest BCUT2D eigenvalue weighted by atomic mass is 16.5. The molecule has 7 N–H and O–H groups in total. The largest absolute Gasteiger partial charge is 0.463 e. The fourth-order valence-electron chi connectivity index (χ4n) is 4.32. The van der Waals surface area contributed by atoms with E-state index in [2.05, 4.69) is 16.0 Å². The number of benzene rings is 2. The van der Waals surface area contributed by atoms with Gasteiger partial charge in [0, 0.05) is 30.5 Å². The van der Waals surface area contributed by atoms with Gasteiger partial charge in [0.1, 0.15) is 18.7 Å². The number of nitrogens with one attached hydrogen (secondary N) is 3. The first kappa shape index (κ1) is 37.0. The number of carbonyl (C=O) groups is 6. The number of ether oxygens (including phenoxy) is 2. The number of carbonyl (C=O) groups excluding carboxylic acids is 6. The standard InChI is InChI=1S/C33H43N5O8/c1-4-45-29(40)17-15-25(14-16-28(34)39)36-31(42)27(19-22-10-12-24(13-11-22)30(35)41)37-32(43)26(18-21(2)3)38-33(44)46-20-23-8-6-5-7-9-23/h5-13,15,17,21,25-27H,4,14,16,18-20H2,1-3H3,(H2,34,39)(H2,35,41)(H,36,42)(H,37,43)(H,38,44)/b17-15+/t25-,26-,27-/m0/s1. The number of esters is 1. The van der Waals surface area contributed by atoms with Gasteiger partial charge in [-0.1, -0.05) is 62.4 Å². The van der Waals surface area contributed by atoms with E-state index in [1.54, 1.807) is 31.2 Å². The summed E-state index contributed by atoms with van der Waals surface area (Å²) in [6.45, 7) is 5.55.